The third-order valence-corrected chi connectivity index (χ3v) is 2.51. The van der Waals surface area contributed by atoms with Crippen LogP contribution in [0.1, 0.15) is 18.9 Å². The minimum atomic E-state index is -0.873. The van der Waals surface area contributed by atoms with Gasteiger partial charge in [-0.2, -0.15) is 10.4 Å². The summed E-state index contributed by atoms with van der Waals surface area (Å²) >= 11 is 0. The van der Waals surface area contributed by atoms with Crippen LogP contribution in [0.25, 0.3) is 0 Å². The van der Waals surface area contributed by atoms with E-state index in [1.807, 2.05) is 13.0 Å². The molecule has 1 aromatic rings. The third kappa shape index (κ3) is 2.45. The van der Waals surface area contributed by atoms with Gasteiger partial charge in [0, 0.05) is 0 Å². The Kier molecular flexibility index (Phi) is 4.17. The van der Waals surface area contributed by atoms with Crippen LogP contribution in [0, 0.1) is 11.3 Å². The molecule has 0 aliphatic rings. The first-order valence-electron chi connectivity index (χ1n) is 4.93. The van der Waals surface area contributed by atoms with E-state index in [2.05, 4.69) is 15.5 Å². The highest BCUT2D eigenvalue weighted by Crippen LogP contribution is 2.18. The molecule has 0 aliphatic carbocycles. The molecule has 0 amide bonds. The molecule has 16 heavy (non-hydrogen) atoms. The minimum absolute atomic E-state index is 0.249. The summed E-state index contributed by atoms with van der Waals surface area (Å²) in [4.78, 5) is 0. The van der Waals surface area contributed by atoms with Gasteiger partial charge < -0.3 is 15.5 Å². The standard InChI is InChI=1S/C10H14N4O2/c1-2-10(6-15,7-16)13-9-8(5-11)3-4-12-14-9/h3-4,15-16H,2,6-7H2,1H3,(H,13,14). The first kappa shape index (κ1) is 12.4. The van der Waals surface area contributed by atoms with Crippen molar-refractivity contribution in [3.05, 3.63) is 17.8 Å². The van der Waals surface area contributed by atoms with Crippen molar-refractivity contribution in [1.29, 1.82) is 5.26 Å². The van der Waals surface area contributed by atoms with Crippen LogP contribution in [0.3, 0.4) is 0 Å². The molecule has 86 valence electrons. The molecule has 0 radical (unpaired) electrons. The van der Waals surface area contributed by atoms with Gasteiger partial charge in [-0.15, -0.1) is 5.10 Å². The zero-order valence-corrected chi connectivity index (χ0v) is 9.01. The van der Waals surface area contributed by atoms with Gasteiger partial charge in [-0.3, -0.25) is 0 Å². The second kappa shape index (κ2) is 5.39. The molecular weight excluding hydrogens is 208 g/mol. The lowest BCUT2D eigenvalue weighted by molar-refractivity contribution is 0.132. The number of aliphatic hydroxyl groups excluding tert-OH is 2. The summed E-state index contributed by atoms with van der Waals surface area (Å²) in [6.07, 6.45) is 1.91. The molecule has 1 heterocycles. The maximum atomic E-state index is 9.25. The topological polar surface area (TPSA) is 102 Å². The Bertz CT molecular complexity index is 376. The van der Waals surface area contributed by atoms with Crippen molar-refractivity contribution in [2.45, 2.75) is 18.9 Å². The van der Waals surface area contributed by atoms with E-state index in [1.165, 1.54) is 12.3 Å². The zero-order chi connectivity index (χ0) is 12.0. The van der Waals surface area contributed by atoms with Gasteiger partial charge in [0.1, 0.15) is 6.07 Å². The summed E-state index contributed by atoms with van der Waals surface area (Å²) in [5.74, 6) is 0.273. The fraction of sp³-hybridized carbons (Fsp3) is 0.500. The molecule has 1 aromatic heterocycles. The van der Waals surface area contributed by atoms with Crippen LogP contribution in [-0.2, 0) is 0 Å². The normalized spacial score (nSPS) is 10.9. The quantitative estimate of drug-likeness (QED) is 0.642. The number of hydrogen-bond donors (Lipinski definition) is 3. The fourth-order valence-electron chi connectivity index (χ4n) is 1.21. The highest BCUT2D eigenvalue weighted by molar-refractivity contribution is 5.51. The predicted octanol–water partition coefficient (Wildman–Crippen LogP) is -0.106. The molecule has 1 rings (SSSR count). The monoisotopic (exact) mass is 222 g/mol. The van der Waals surface area contributed by atoms with Crippen molar-refractivity contribution in [3.8, 4) is 6.07 Å². The van der Waals surface area contributed by atoms with Crippen LogP contribution in [0.2, 0.25) is 0 Å². The Morgan fingerprint density at radius 1 is 1.50 bits per heavy atom. The predicted molar refractivity (Wildman–Crippen MR) is 57.6 cm³/mol. The van der Waals surface area contributed by atoms with Gasteiger partial charge in [0.25, 0.3) is 0 Å². The van der Waals surface area contributed by atoms with Crippen molar-refractivity contribution in [1.82, 2.24) is 10.2 Å². The summed E-state index contributed by atoms with van der Waals surface area (Å²) < 4.78 is 0. The van der Waals surface area contributed by atoms with E-state index in [4.69, 9.17) is 5.26 Å². The third-order valence-electron chi connectivity index (χ3n) is 2.51. The lowest BCUT2D eigenvalue weighted by Crippen LogP contribution is -2.45. The van der Waals surface area contributed by atoms with E-state index in [0.29, 0.717) is 12.0 Å². The maximum Gasteiger partial charge on any atom is 0.167 e. The van der Waals surface area contributed by atoms with Gasteiger partial charge in [0.15, 0.2) is 5.82 Å². The van der Waals surface area contributed by atoms with E-state index in [-0.39, 0.29) is 19.0 Å². The van der Waals surface area contributed by atoms with Crippen molar-refractivity contribution >= 4 is 5.82 Å². The van der Waals surface area contributed by atoms with Gasteiger partial charge in [0.2, 0.25) is 0 Å². The Balaban J connectivity index is 2.99. The lowest BCUT2D eigenvalue weighted by Gasteiger charge is -2.30. The second-order valence-electron chi connectivity index (χ2n) is 3.48. The molecule has 6 nitrogen and oxygen atoms in total. The number of aromatic nitrogens is 2. The number of rotatable bonds is 5. The van der Waals surface area contributed by atoms with Crippen LogP contribution < -0.4 is 5.32 Å². The molecule has 0 atom stereocenters. The molecule has 0 bridgehead atoms. The van der Waals surface area contributed by atoms with Crippen LogP contribution in [0.5, 0.6) is 0 Å². The maximum absolute atomic E-state index is 9.25. The Hall–Kier alpha value is -1.71. The smallest absolute Gasteiger partial charge is 0.167 e. The van der Waals surface area contributed by atoms with E-state index in [1.54, 1.807) is 0 Å². The van der Waals surface area contributed by atoms with Crippen molar-refractivity contribution in [3.63, 3.8) is 0 Å². The highest BCUT2D eigenvalue weighted by Gasteiger charge is 2.27. The number of aliphatic hydroxyl groups is 2. The molecule has 3 N–H and O–H groups in total. The molecule has 6 heteroatoms. The summed E-state index contributed by atoms with van der Waals surface area (Å²) in [5, 5.41) is 37.6. The SMILES string of the molecule is CCC(CO)(CO)Nc1nnccc1C#N. The number of anilines is 1. The molecule has 0 spiro atoms. The fourth-order valence-corrected chi connectivity index (χ4v) is 1.21. The molecule has 0 fully saturated rings. The molecule has 0 unspecified atom stereocenters. The summed E-state index contributed by atoms with van der Waals surface area (Å²) in [7, 11) is 0. The molecule has 0 saturated heterocycles. The second-order valence-corrected chi connectivity index (χ2v) is 3.48. The Labute approximate surface area is 93.6 Å². The number of nitrogens with one attached hydrogen (secondary N) is 1. The number of hydrogen-bond acceptors (Lipinski definition) is 6. The Morgan fingerprint density at radius 2 is 2.19 bits per heavy atom. The number of nitrogens with zero attached hydrogens (tertiary/aromatic N) is 3. The van der Waals surface area contributed by atoms with E-state index in [9.17, 15) is 10.2 Å². The van der Waals surface area contributed by atoms with Gasteiger partial charge in [-0.05, 0) is 12.5 Å². The van der Waals surface area contributed by atoms with Crippen molar-refractivity contribution in [2.75, 3.05) is 18.5 Å². The summed E-state index contributed by atoms with van der Waals surface area (Å²) in [5.41, 5.74) is -0.545. The molecule has 0 aromatic carbocycles. The van der Waals surface area contributed by atoms with Crippen LogP contribution in [0.4, 0.5) is 5.82 Å². The minimum Gasteiger partial charge on any atom is -0.394 e. The van der Waals surface area contributed by atoms with E-state index in [0.717, 1.165) is 0 Å². The van der Waals surface area contributed by atoms with Crippen molar-refractivity contribution < 1.29 is 10.2 Å². The highest BCUT2D eigenvalue weighted by atomic mass is 16.3. The first-order valence-corrected chi connectivity index (χ1v) is 4.93. The van der Waals surface area contributed by atoms with Gasteiger partial charge in [-0.1, -0.05) is 6.92 Å². The van der Waals surface area contributed by atoms with Crippen LogP contribution in [-0.4, -0.2) is 39.2 Å². The van der Waals surface area contributed by atoms with Crippen LogP contribution in [0.15, 0.2) is 12.3 Å². The molecular formula is C10H14N4O2. The lowest BCUT2D eigenvalue weighted by atomic mass is 9.98. The van der Waals surface area contributed by atoms with Gasteiger partial charge >= 0.3 is 0 Å². The summed E-state index contributed by atoms with van der Waals surface area (Å²) in [6, 6.07) is 3.48. The average Bonchev–Trinajstić information content (AvgIpc) is 2.36. The van der Waals surface area contributed by atoms with E-state index >= 15 is 0 Å². The van der Waals surface area contributed by atoms with Crippen LogP contribution >= 0.6 is 0 Å². The van der Waals surface area contributed by atoms with Gasteiger partial charge in [0.05, 0.1) is 30.5 Å². The molecule has 0 saturated carbocycles. The average molecular weight is 222 g/mol. The zero-order valence-electron chi connectivity index (χ0n) is 9.01. The molecule has 0 aliphatic heterocycles. The summed E-state index contributed by atoms with van der Waals surface area (Å²) in [6.45, 7) is 1.32. The van der Waals surface area contributed by atoms with Crippen molar-refractivity contribution in [2.24, 2.45) is 0 Å². The largest absolute Gasteiger partial charge is 0.394 e. The van der Waals surface area contributed by atoms with E-state index < -0.39 is 5.54 Å². The number of nitriles is 1. The van der Waals surface area contributed by atoms with Gasteiger partial charge in [-0.25, -0.2) is 0 Å². The first-order chi connectivity index (χ1) is 7.71. The Morgan fingerprint density at radius 3 is 2.69 bits per heavy atom.